The molecule has 3 rings (SSSR count). The first-order valence-electron chi connectivity index (χ1n) is 11.1. The second-order valence-electron chi connectivity index (χ2n) is 8.91. The fourth-order valence-electron chi connectivity index (χ4n) is 3.26. The van der Waals surface area contributed by atoms with Crippen molar-refractivity contribution in [1.82, 2.24) is 24.8 Å². The topological polar surface area (TPSA) is 137 Å². The van der Waals surface area contributed by atoms with Crippen molar-refractivity contribution in [3.8, 4) is 6.01 Å². The van der Waals surface area contributed by atoms with Crippen molar-refractivity contribution in [2.45, 2.75) is 65.3 Å². The number of halogens is 1. The monoisotopic (exact) mass is 534 g/mol. The molecule has 10 nitrogen and oxygen atoms in total. The predicted molar refractivity (Wildman–Crippen MR) is 132 cm³/mol. The van der Waals surface area contributed by atoms with E-state index in [1.165, 1.54) is 0 Å². The van der Waals surface area contributed by atoms with Crippen LogP contribution in [-0.2, 0) is 17.8 Å². The average molecular weight is 535 g/mol. The number of carbonyl (C=O) groups is 1. The number of alkyl carbamates (subject to hydrolysis) is 1. The summed E-state index contributed by atoms with van der Waals surface area (Å²) in [6.45, 7) is 8.18. The number of nitrogens with one attached hydrogen (secondary N) is 1. The summed E-state index contributed by atoms with van der Waals surface area (Å²) >= 11 is 3.48. The maximum atomic E-state index is 11.9. The van der Waals surface area contributed by atoms with Gasteiger partial charge in [0.15, 0.2) is 21.7 Å². The van der Waals surface area contributed by atoms with Crippen LogP contribution in [0.15, 0.2) is 29.0 Å². The lowest BCUT2D eigenvalue weighted by Crippen LogP contribution is -2.32. The molecule has 4 N–H and O–H groups in total. The van der Waals surface area contributed by atoms with E-state index in [9.17, 15) is 9.90 Å². The van der Waals surface area contributed by atoms with Gasteiger partial charge in [0, 0.05) is 6.54 Å². The number of carbonyl (C=O) groups excluding carboxylic acids is 1. The minimum Gasteiger partial charge on any atom is -0.458 e. The van der Waals surface area contributed by atoms with Crippen molar-refractivity contribution in [3.63, 3.8) is 0 Å². The van der Waals surface area contributed by atoms with Crippen molar-refractivity contribution >= 4 is 39.0 Å². The Morgan fingerprint density at radius 2 is 1.88 bits per heavy atom. The highest BCUT2D eigenvalue weighted by Gasteiger charge is 2.19. The van der Waals surface area contributed by atoms with E-state index >= 15 is 0 Å². The molecule has 1 unspecified atom stereocenters. The molecule has 3 aromatic rings. The van der Waals surface area contributed by atoms with E-state index in [2.05, 4.69) is 36.2 Å². The van der Waals surface area contributed by atoms with Gasteiger partial charge in [-0.05, 0) is 54.2 Å². The van der Waals surface area contributed by atoms with E-state index in [4.69, 9.17) is 15.2 Å². The fraction of sp³-hybridized carbons (Fsp3) is 0.478. The zero-order valence-corrected chi connectivity index (χ0v) is 21.4. The molecule has 0 radical (unpaired) electrons. The molecule has 2 heterocycles. The molecule has 0 saturated carbocycles. The summed E-state index contributed by atoms with van der Waals surface area (Å²) in [5, 5.41) is 12.3. The Morgan fingerprint density at radius 3 is 2.50 bits per heavy atom. The Bertz CT molecular complexity index is 1130. The summed E-state index contributed by atoms with van der Waals surface area (Å²) in [5.41, 5.74) is 8.50. The minimum atomic E-state index is -0.540. The molecule has 0 spiro atoms. The SMILES string of the molecule is CCCC(CO)Oc1nc(N)c2nc(Br)n(Cc3ccc(CNC(=O)OC(C)(C)C)cc3)c2n1. The predicted octanol–water partition coefficient (Wildman–Crippen LogP) is 3.78. The molecule has 11 heteroatoms. The number of benzene rings is 1. The first-order chi connectivity index (χ1) is 16.1. The molecule has 0 bridgehead atoms. The Morgan fingerprint density at radius 1 is 1.21 bits per heavy atom. The van der Waals surface area contributed by atoms with Gasteiger partial charge in [0.2, 0.25) is 0 Å². The van der Waals surface area contributed by atoms with E-state index in [1.54, 1.807) is 0 Å². The molecule has 184 valence electrons. The average Bonchev–Trinajstić information content (AvgIpc) is 3.07. The van der Waals surface area contributed by atoms with Gasteiger partial charge in [0.1, 0.15) is 11.7 Å². The summed E-state index contributed by atoms with van der Waals surface area (Å²) in [7, 11) is 0. The molecular formula is C23H31BrN6O4. The molecule has 34 heavy (non-hydrogen) atoms. The summed E-state index contributed by atoms with van der Waals surface area (Å²) < 4.78 is 13.4. The highest BCUT2D eigenvalue weighted by molar-refractivity contribution is 9.10. The van der Waals surface area contributed by atoms with Crippen molar-refractivity contribution in [1.29, 1.82) is 0 Å². The number of anilines is 1. The number of aliphatic hydroxyl groups is 1. The molecule has 0 aliphatic heterocycles. The number of amides is 1. The summed E-state index contributed by atoms with van der Waals surface area (Å²) in [4.78, 5) is 25.0. The van der Waals surface area contributed by atoms with Crippen molar-refractivity contribution in [3.05, 3.63) is 40.1 Å². The molecule has 1 aromatic carbocycles. The number of ether oxygens (including phenoxy) is 2. The number of aliphatic hydroxyl groups excluding tert-OH is 1. The molecule has 0 saturated heterocycles. The molecule has 2 aromatic heterocycles. The number of nitrogen functional groups attached to an aromatic ring is 1. The van der Waals surface area contributed by atoms with Crippen LogP contribution in [0.3, 0.4) is 0 Å². The Kier molecular flexibility index (Phi) is 8.32. The normalized spacial score (nSPS) is 12.5. The van der Waals surface area contributed by atoms with Crippen LogP contribution in [0.2, 0.25) is 0 Å². The summed E-state index contributed by atoms with van der Waals surface area (Å²) in [6, 6.07) is 7.92. The van der Waals surface area contributed by atoms with Gasteiger partial charge >= 0.3 is 12.1 Å². The van der Waals surface area contributed by atoms with Crippen LogP contribution in [0.4, 0.5) is 10.6 Å². The summed E-state index contributed by atoms with van der Waals surface area (Å²) in [5.74, 6) is 0.205. The van der Waals surface area contributed by atoms with Crippen LogP contribution in [0.5, 0.6) is 6.01 Å². The van der Waals surface area contributed by atoms with E-state index in [0.29, 0.717) is 35.4 Å². The van der Waals surface area contributed by atoms with Crippen LogP contribution < -0.4 is 15.8 Å². The van der Waals surface area contributed by atoms with E-state index in [1.807, 2.05) is 56.5 Å². The van der Waals surface area contributed by atoms with Gasteiger partial charge in [-0.1, -0.05) is 37.6 Å². The molecule has 0 aliphatic rings. The van der Waals surface area contributed by atoms with Crippen LogP contribution in [0, 0.1) is 0 Å². The number of aromatic nitrogens is 4. The first kappa shape index (κ1) is 25.7. The summed E-state index contributed by atoms with van der Waals surface area (Å²) in [6.07, 6.45) is 0.678. The van der Waals surface area contributed by atoms with Gasteiger partial charge in [-0.25, -0.2) is 9.78 Å². The number of nitrogens with two attached hydrogens (primary N) is 1. The number of imidazole rings is 1. The lowest BCUT2D eigenvalue weighted by molar-refractivity contribution is 0.0523. The standard InChI is InChI=1S/C23H31BrN6O4/c1-5-6-16(13-31)33-21-28-18(25)17-19(29-21)30(20(24)27-17)12-15-9-7-14(8-10-15)11-26-22(32)34-23(2,3)4/h7-10,16,31H,5-6,11-13H2,1-4H3,(H,26,32)(H2,25,28,29). The molecule has 1 amide bonds. The van der Waals surface area contributed by atoms with Gasteiger partial charge in [-0.15, -0.1) is 0 Å². The molecule has 0 aliphatic carbocycles. The maximum absolute atomic E-state index is 11.9. The number of nitrogens with zero attached hydrogens (tertiary/aromatic N) is 4. The van der Waals surface area contributed by atoms with E-state index < -0.39 is 17.8 Å². The third-order valence-corrected chi connectivity index (χ3v) is 5.45. The first-order valence-corrected chi connectivity index (χ1v) is 11.9. The molecule has 0 fully saturated rings. The lowest BCUT2D eigenvalue weighted by atomic mass is 10.1. The maximum Gasteiger partial charge on any atom is 0.407 e. The zero-order valence-electron chi connectivity index (χ0n) is 19.8. The number of hydrogen-bond acceptors (Lipinski definition) is 8. The van der Waals surface area contributed by atoms with Crippen molar-refractivity contribution in [2.75, 3.05) is 12.3 Å². The van der Waals surface area contributed by atoms with Gasteiger partial charge in [0.25, 0.3) is 0 Å². The minimum absolute atomic E-state index is 0.106. The smallest absolute Gasteiger partial charge is 0.407 e. The van der Waals surface area contributed by atoms with Gasteiger partial charge < -0.3 is 25.6 Å². The van der Waals surface area contributed by atoms with E-state index in [-0.39, 0.29) is 18.4 Å². The van der Waals surface area contributed by atoms with Crippen molar-refractivity contribution < 1.29 is 19.4 Å². The third-order valence-electron chi connectivity index (χ3n) is 4.84. The second-order valence-corrected chi connectivity index (χ2v) is 9.62. The largest absolute Gasteiger partial charge is 0.458 e. The Hall–Kier alpha value is -2.92. The lowest BCUT2D eigenvalue weighted by Gasteiger charge is -2.19. The van der Waals surface area contributed by atoms with Crippen LogP contribution in [-0.4, -0.2) is 49.0 Å². The van der Waals surface area contributed by atoms with Crippen molar-refractivity contribution in [2.24, 2.45) is 0 Å². The third kappa shape index (κ3) is 6.80. The molecule has 1 atom stereocenters. The second kappa shape index (κ2) is 11.0. The van der Waals surface area contributed by atoms with Crippen LogP contribution >= 0.6 is 15.9 Å². The zero-order chi connectivity index (χ0) is 24.9. The van der Waals surface area contributed by atoms with Crippen LogP contribution in [0.25, 0.3) is 11.2 Å². The highest BCUT2D eigenvalue weighted by Crippen LogP contribution is 2.26. The molecular weight excluding hydrogens is 504 g/mol. The van der Waals surface area contributed by atoms with Gasteiger partial charge in [0.05, 0.1) is 13.2 Å². The van der Waals surface area contributed by atoms with Gasteiger partial charge in [-0.2, -0.15) is 9.97 Å². The Balaban J connectivity index is 1.75. The quantitative estimate of drug-likeness (QED) is 0.352. The fourth-order valence-corrected chi connectivity index (χ4v) is 3.73. The highest BCUT2D eigenvalue weighted by atomic mass is 79.9. The number of rotatable bonds is 9. The number of hydrogen-bond donors (Lipinski definition) is 3. The van der Waals surface area contributed by atoms with E-state index in [0.717, 1.165) is 17.5 Å². The Labute approximate surface area is 207 Å². The van der Waals surface area contributed by atoms with Crippen LogP contribution in [0.1, 0.15) is 51.7 Å². The van der Waals surface area contributed by atoms with Gasteiger partial charge in [-0.3, -0.25) is 4.57 Å². The number of fused-ring (bicyclic) bond motifs is 1.